The number of methoxy groups -OCH3 is 1. The van der Waals surface area contributed by atoms with Crippen molar-refractivity contribution in [2.75, 3.05) is 13.7 Å². The topological polar surface area (TPSA) is 47.6 Å². The number of ether oxygens (including phenoxy) is 2. The third-order valence-corrected chi connectivity index (χ3v) is 3.39. The fourth-order valence-corrected chi connectivity index (χ4v) is 2.06. The summed E-state index contributed by atoms with van der Waals surface area (Å²) in [5.74, 6) is -0.0926. The van der Waals surface area contributed by atoms with E-state index in [1.165, 1.54) is 19.2 Å². The van der Waals surface area contributed by atoms with E-state index in [4.69, 9.17) is 9.47 Å². The Morgan fingerprint density at radius 3 is 2.75 bits per heavy atom. The molecule has 2 rings (SSSR count). The van der Waals surface area contributed by atoms with Gasteiger partial charge in [-0.1, -0.05) is 0 Å². The molecule has 1 unspecified atom stereocenters. The van der Waals surface area contributed by atoms with Gasteiger partial charge in [0.1, 0.15) is 23.7 Å². The Balaban J connectivity index is 2.05. The molecule has 1 atom stereocenters. The van der Waals surface area contributed by atoms with Crippen LogP contribution in [0.25, 0.3) is 0 Å². The summed E-state index contributed by atoms with van der Waals surface area (Å²) in [6.07, 6.45) is 2.12. The number of carbonyl (C=O) groups is 1. The van der Waals surface area contributed by atoms with Crippen LogP contribution in [0.5, 0.6) is 5.75 Å². The highest BCUT2D eigenvalue weighted by molar-refractivity contribution is 5.80. The molecule has 0 aliphatic heterocycles. The Kier molecular flexibility index (Phi) is 4.28. The van der Waals surface area contributed by atoms with Crippen LogP contribution in [0.2, 0.25) is 0 Å². The molecular formula is C15H20FNO3. The van der Waals surface area contributed by atoms with Crippen molar-refractivity contribution in [1.82, 2.24) is 5.32 Å². The molecule has 1 N–H and O–H groups in total. The molecule has 1 aliphatic rings. The van der Waals surface area contributed by atoms with Crippen LogP contribution in [0.3, 0.4) is 0 Å². The molecule has 1 saturated carbocycles. The molecule has 0 radical (unpaired) electrons. The lowest BCUT2D eigenvalue weighted by Crippen LogP contribution is -2.55. The lowest BCUT2D eigenvalue weighted by molar-refractivity contribution is -0.149. The van der Waals surface area contributed by atoms with Crippen molar-refractivity contribution < 1.29 is 18.7 Å². The van der Waals surface area contributed by atoms with Crippen molar-refractivity contribution in [2.24, 2.45) is 0 Å². The number of hydrogen-bond donors (Lipinski definition) is 1. The molecule has 0 saturated heterocycles. The van der Waals surface area contributed by atoms with Crippen LogP contribution >= 0.6 is 0 Å². The molecule has 0 heterocycles. The first-order valence-corrected chi connectivity index (χ1v) is 6.70. The molecule has 1 fully saturated rings. The molecule has 20 heavy (non-hydrogen) atoms. The second-order valence-electron chi connectivity index (χ2n) is 5.44. The minimum atomic E-state index is -0.892. The monoisotopic (exact) mass is 281 g/mol. The molecule has 0 aromatic heterocycles. The van der Waals surface area contributed by atoms with Crippen molar-refractivity contribution in [3.05, 3.63) is 29.6 Å². The second-order valence-corrected chi connectivity index (χ2v) is 5.44. The lowest BCUT2D eigenvalue weighted by Gasteiger charge is -2.28. The summed E-state index contributed by atoms with van der Waals surface area (Å²) in [7, 11) is 1.36. The Labute approximate surface area is 118 Å². The van der Waals surface area contributed by atoms with Crippen LogP contribution in [0.4, 0.5) is 4.39 Å². The van der Waals surface area contributed by atoms with E-state index >= 15 is 0 Å². The number of hydrogen-bond acceptors (Lipinski definition) is 4. The highest BCUT2D eigenvalue weighted by Gasteiger charge is 2.40. The molecule has 1 aromatic carbocycles. The van der Waals surface area contributed by atoms with E-state index < -0.39 is 5.54 Å². The van der Waals surface area contributed by atoms with Crippen LogP contribution in [0, 0.1) is 12.7 Å². The van der Waals surface area contributed by atoms with E-state index in [0.717, 1.165) is 12.8 Å². The van der Waals surface area contributed by atoms with Crippen molar-refractivity contribution in [1.29, 1.82) is 0 Å². The zero-order valence-electron chi connectivity index (χ0n) is 12.0. The Morgan fingerprint density at radius 1 is 1.50 bits per heavy atom. The summed E-state index contributed by atoms with van der Waals surface area (Å²) in [6.45, 7) is 3.67. The van der Waals surface area contributed by atoms with Crippen molar-refractivity contribution >= 4 is 5.97 Å². The Hall–Kier alpha value is -1.62. The second kappa shape index (κ2) is 5.79. The van der Waals surface area contributed by atoms with Crippen molar-refractivity contribution in [3.63, 3.8) is 0 Å². The van der Waals surface area contributed by atoms with Gasteiger partial charge in [-0.15, -0.1) is 0 Å². The minimum absolute atomic E-state index is 0.142. The maximum Gasteiger partial charge on any atom is 0.329 e. The fraction of sp³-hybridized carbons (Fsp3) is 0.533. The van der Waals surface area contributed by atoms with Gasteiger partial charge in [0.25, 0.3) is 0 Å². The molecule has 0 amide bonds. The summed E-state index contributed by atoms with van der Waals surface area (Å²) < 4.78 is 23.6. The Morgan fingerprint density at radius 2 is 2.20 bits per heavy atom. The van der Waals surface area contributed by atoms with Gasteiger partial charge in [0.05, 0.1) is 7.11 Å². The standard InChI is InChI=1S/C15H20FNO3/c1-10-8-11(16)4-7-13(10)20-9-15(2,14(18)19-3)17-12-5-6-12/h4,7-8,12,17H,5-6,9H2,1-3H3. The summed E-state index contributed by atoms with van der Waals surface area (Å²) in [5, 5.41) is 3.25. The molecule has 0 spiro atoms. The lowest BCUT2D eigenvalue weighted by atomic mass is 10.0. The molecule has 4 nitrogen and oxygen atoms in total. The quantitative estimate of drug-likeness (QED) is 0.812. The predicted molar refractivity (Wildman–Crippen MR) is 73.2 cm³/mol. The SMILES string of the molecule is COC(=O)C(C)(COc1ccc(F)cc1C)NC1CC1. The van der Waals surface area contributed by atoms with E-state index in [1.54, 1.807) is 19.9 Å². The maximum atomic E-state index is 13.0. The number of halogens is 1. The molecule has 110 valence electrons. The average Bonchev–Trinajstić information content (AvgIpc) is 3.20. The normalized spacial score (nSPS) is 17.4. The van der Waals surface area contributed by atoms with E-state index in [0.29, 0.717) is 17.4 Å². The van der Waals surface area contributed by atoms with Crippen LogP contribution in [0.1, 0.15) is 25.3 Å². The van der Waals surface area contributed by atoms with Gasteiger partial charge >= 0.3 is 5.97 Å². The Bertz CT molecular complexity index is 502. The number of esters is 1. The smallest absolute Gasteiger partial charge is 0.329 e. The molecular weight excluding hydrogens is 261 g/mol. The van der Waals surface area contributed by atoms with Crippen LogP contribution in [0.15, 0.2) is 18.2 Å². The van der Waals surface area contributed by atoms with Crippen LogP contribution in [-0.4, -0.2) is 31.3 Å². The van der Waals surface area contributed by atoms with Gasteiger partial charge in [-0.25, -0.2) is 9.18 Å². The largest absolute Gasteiger partial charge is 0.491 e. The first-order valence-electron chi connectivity index (χ1n) is 6.70. The van der Waals surface area contributed by atoms with Gasteiger partial charge in [-0.05, 0) is 50.5 Å². The summed E-state index contributed by atoms with van der Waals surface area (Å²) >= 11 is 0. The van der Waals surface area contributed by atoms with Gasteiger partial charge in [0, 0.05) is 6.04 Å². The fourth-order valence-electron chi connectivity index (χ4n) is 2.06. The van der Waals surface area contributed by atoms with Crippen LogP contribution in [-0.2, 0) is 9.53 Å². The molecule has 1 aliphatic carbocycles. The average molecular weight is 281 g/mol. The number of rotatable bonds is 6. The molecule has 0 bridgehead atoms. The van der Waals surface area contributed by atoms with Gasteiger partial charge in [0.15, 0.2) is 0 Å². The molecule has 5 heteroatoms. The highest BCUT2D eigenvalue weighted by Crippen LogP contribution is 2.25. The maximum absolute atomic E-state index is 13.0. The summed E-state index contributed by atoms with van der Waals surface area (Å²) in [6, 6.07) is 4.65. The minimum Gasteiger partial charge on any atom is -0.491 e. The van der Waals surface area contributed by atoms with Gasteiger partial charge in [-0.3, -0.25) is 5.32 Å². The predicted octanol–water partition coefficient (Wildman–Crippen LogP) is 2.20. The van der Waals surface area contributed by atoms with E-state index in [1.807, 2.05) is 0 Å². The third-order valence-electron chi connectivity index (χ3n) is 3.39. The first kappa shape index (κ1) is 14.8. The van der Waals surface area contributed by atoms with E-state index in [-0.39, 0.29) is 18.4 Å². The van der Waals surface area contributed by atoms with Crippen molar-refractivity contribution in [2.45, 2.75) is 38.3 Å². The van der Waals surface area contributed by atoms with Crippen LogP contribution < -0.4 is 10.1 Å². The molecule has 1 aromatic rings. The number of aryl methyl sites for hydroxylation is 1. The first-order chi connectivity index (χ1) is 9.44. The van der Waals surface area contributed by atoms with Gasteiger partial charge in [0.2, 0.25) is 0 Å². The van der Waals surface area contributed by atoms with Gasteiger partial charge < -0.3 is 9.47 Å². The van der Waals surface area contributed by atoms with Crippen molar-refractivity contribution in [3.8, 4) is 5.75 Å². The third kappa shape index (κ3) is 3.48. The zero-order chi connectivity index (χ0) is 14.8. The summed E-state index contributed by atoms with van der Waals surface area (Å²) in [4.78, 5) is 11.9. The van der Waals surface area contributed by atoms with E-state index in [9.17, 15) is 9.18 Å². The summed E-state index contributed by atoms with van der Waals surface area (Å²) in [5.41, 5.74) is -0.194. The van der Waals surface area contributed by atoms with E-state index in [2.05, 4.69) is 5.32 Å². The number of carbonyl (C=O) groups excluding carboxylic acids is 1. The van der Waals surface area contributed by atoms with Gasteiger partial charge in [-0.2, -0.15) is 0 Å². The number of nitrogens with one attached hydrogen (secondary N) is 1. The zero-order valence-corrected chi connectivity index (χ0v) is 12.0. The highest BCUT2D eigenvalue weighted by atomic mass is 19.1. The number of benzene rings is 1.